The Balaban J connectivity index is 2.34. The van der Waals surface area contributed by atoms with Gasteiger partial charge in [-0.2, -0.15) is 0 Å². The maximum atomic E-state index is 11.8. The van der Waals surface area contributed by atoms with E-state index in [0.717, 1.165) is 19.3 Å². The quantitative estimate of drug-likeness (QED) is 0.725. The number of carbonyl (C=O) groups is 2. The van der Waals surface area contributed by atoms with Crippen molar-refractivity contribution in [3.05, 3.63) is 17.8 Å². The normalized spacial score (nSPS) is 12.1. The van der Waals surface area contributed by atoms with Gasteiger partial charge in [-0.3, -0.25) is 9.59 Å². The Labute approximate surface area is 118 Å². The van der Waals surface area contributed by atoms with Crippen LogP contribution in [0.15, 0.2) is 10.8 Å². The van der Waals surface area contributed by atoms with E-state index >= 15 is 0 Å². The van der Waals surface area contributed by atoms with Gasteiger partial charge in [0.1, 0.15) is 0 Å². The summed E-state index contributed by atoms with van der Waals surface area (Å²) in [7, 11) is 0. The van der Waals surface area contributed by atoms with Gasteiger partial charge in [-0.25, -0.2) is 4.98 Å². The topological polar surface area (TPSA) is 92.4 Å². The van der Waals surface area contributed by atoms with Crippen LogP contribution in [0.3, 0.4) is 0 Å². The SMILES string of the molecule is CCCC(CCNC(=O)c1ocnc1C)CCC(=O)O. The molecular formula is C14H22N2O4. The summed E-state index contributed by atoms with van der Waals surface area (Å²) in [6.45, 7) is 4.30. The van der Waals surface area contributed by atoms with Gasteiger partial charge in [0, 0.05) is 13.0 Å². The molecule has 6 heteroatoms. The first kappa shape index (κ1) is 16.2. The Morgan fingerprint density at radius 3 is 2.70 bits per heavy atom. The van der Waals surface area contributed by atoms with Crippen molar-refractivity contribution in [1.82, 2.24) is 10.3 Å². The van der Waals surface area contributed by atoms with Crippen molar-refractivity contribution < 1.29 is 19.1 Å². The number of rotatable bonds is 9. The summed E-state index contributed by atoms with van der Waals surface area (Å²) in [6.07, 6.45) is 4.85. The van der Waals surface area contributed by atoms with Gasteiger partial charge in [0.15, 0.2) is 6.39 Å². The average molecular weight is 282 g/mol. The van der Waals surface area contributed by atoms with Crippen LogP contribution in [0.1, 0.15) is 55.3 Å². The van der Waals surface area contributed by atoms with Gasteiger partial charge in [-0.15, -0.1) is 0 Å². The fourth-order valence-corrected chi connectivity index (χ4v) is 2.16. The molecule has 0 spiro atoms. The molecule has 0 saturated carbocycles. The molecule has 0 aliphatic heterocycles. The van der Waals surface area contributed by atoms with Crippen molar-refractivity contribution in [2.75, 3.05) is 6.54 Å². The second kappa shape index (κ2) is 8.35. The lowest BCUT2D eigenvalue weighted by molar-refractivity contribution is -0.137. The monoisotopic (exact) mass is 282 g/mol. The molecule has 1 unspecified atom stereocenters. The fourth-order valence-electron chi connectivity index (χ4n) is 2.16. The van der Waals surface area contributed by atoms with Crippen LogP contribution in [0.5, 0.6) is 0 Å². The molecule has 0 saturated heterocycles. The first-order valence-corrected chi connectivity index (χ1v) is 6.94. The summed E-state index contributed by atoms with van der Waals surface area (Å²) >= 11 is 0. The van der Waals surface area contributed by atoms with E-state index in [2.05, 4.69) is 17.2 Å². The second-order valence-electron chi connectivity index (χ2n) is 4.90. The van der Waals surface area contributed by atoms with E-state index in [4.69, 9.17) is 9.52 Å². The predicted octanol–water partition coefficient (Wildman–Crippen LogP) is 2.38. The van der Waals surface area contributed by atoms with E-state index in [1.54, 1.807) is 6.92 Å². The van der Waals surface area contributed by atoms with E-state index in [1.165, 1.54) is 6.39 Å². The van der Waals surface area contributed by atoms with Gasteiger partial charge >= 0.3 is 5.97 Å². The standard InChI is InChI=1S/C14H22N2O4/c1-3-4-11(5-6-12(17)18)7-8-15-14(19)13-10(2)16-9-20-13/h9,11H,3-8H2,1-2H3,(H,15,19)(H,17,18). The van der Waals surface area contributed by atoms with E-state index in [9.17, 15) is 9.59 Å². The molecule has 1 amide bonds. The van der Waals surface area contributed by atoms with Crippen molar-refractivity contribution in [2.45, 2.75) is 46.0 Å². The van der Waals surface area contributed by atoms with Gasteiger partial charge in [0.05, 0.1) is 5.69 Å². The molecule has 0 aliphatic carbocycles. The minimum Gasteiger partial charge on any atom is -0.481 e. The van der Waals surface area contributed by atoms with Gasteiger partial charge in [0.25, 0.3) is 5.91 Å². The molecular weight excluding hydrogens is 260 g/mol. The lowest BCUT2D eigenvalue weighted by Gasteiger charge is -2.15. The molecule has 112 valence electrons. The van der Waals surface area contributed by atoms with Crippen LogP contribution in [0.2, 0.25) is 0 Å². The number of aryl methyl sites for hydroxylation is 1. The Morgan fingerprint density at radius 2 is 2.15 bits per heavy atom. The lowest BCUT2D eigenvalue weighted by atomic mass is 9.94. The molecule has 0 aromatic carbocycles. The molecule has 2 N–H and O–H groups in total. The first-order valence-electron chi connectivity index (χ1n) is 6.94. The molecule has 6 nitrogen and oxygen atoms in total. The fraction of sp³-hybridized carbons (Fsp3) is 0.643. The third-order valence-corrected chi connectivity index (χ3v) is 3.25. The number of nitrogens with one attached hydrogen (secondary N) is 1. The van der Waals surface area contributed by atoms with Crippen LogP contribution < -0.4 is 5.32 Å². The minimum absolute atomic E-state index is 0.180. The number of nitrogens with zero attached hydrogens (tertiary/aromatic N) is 1. The Morgan fingerprint density at radius 1 is 1.40 bits per heavy atom. The van der Waals surface area contributed by atoms with Crippen LogP contribution >= 0.6 is 0 Å². The highest BCUT2D eigenvalue weighted by Gasteiger charge is 2.15. The molecule has 20 heavy (non-hydrogen) atoms. The van der Waals surface area contributed by atoms with Gasteiger partial charge < -0.3 is 14.8 Å². The number of carbonyl (C=O) groups excluding carboxylic acids is 1. The highest BCUT2D eigenvalue weighted by atomic mass is 16.4. The van der Waals surface area contributed by atoms with Crippen molar-refractivity contribution in [2.24, 2.45) is 5.92 Å². The number of aliphatic carboxylic acids is 1. The molecule has 0 bridgehead atoms. The third-order valence-electron chi connectivity index (χ3n) is 3.25. The molecule has 0 radical (unpaired) electrons. The molecule has 1 rings (SSSR count). The summed E-state index contributed by atoms with van der Waals surface area (Å²) in [6, 6.07) is 0. The number of amides is 1. The van der Waals surface area contributed by atoms with Crippen molar-refractivity contribution in [1.29, 1.82) is 0 Å². The average Bonchev–Trinajstić information content (AvgIpc) is 2.82. The van der Waals surface area contributed by atoms with Crippen LogP contribution in [0.4, 0.5) is 0 Å². The van der Waals surface area contributed by atoms with E-state index in [0.29, 0.717) is 24.6 Å². The number of oxazole rings is 1. The molecule has 1 heterocycles. The van der Waals surface area contributed by atoms with Gasteiger partial charge in [-0.1, -0.05) is 19.8 Å². The van der Waals surface area contributed by atoms with E-state index in [-0.39, 0.29) is 18.1 Å². The highest BCUT2D eigenvalue weighted by Crippen LogP contribution is 2.17. The van der Waals surface area contributed by atoms with Gasteiger partial charge in [-0.05, 0) is 25.7 Å². The maximum Gasteiger partial charge on any atom is 0.303 e. The molecule has 1 atom stereocenters. The van der Waals surface area contributed by atoms with Crippen LogP contribution in [-0.4, -0.2) is 28.5 Å². The smallest absolute Gasteiger partial charge is 0.303 e. The summed E-state index contributed by atoms with van der Waals surface area (Å²) in [5, 5.41) is 11.5. The Bertz CT molecular complexity index is 442. The van der Waals surface area contributed by atoms with Crippen molar-refractivity contribution >= 4 is 11.9 Å². The number of aromatic nitrogens is 1. The lowest BCUT2D eigenvalue weighted by Crippen LogP contribution is -2.26. The zero-order valence-corrected chi connectivity index (χ0v) is 12.0. The van der Waals surface area contributed by atoms with Gasteiger partial charge in [0.2, 0.25) is 5.76 Å². The molecule has 0 aliphatic rings. The summed E-state index contributed by atoms with van der Waals surface area (Å²) in [5.74, 6) is -0.476. The molecule has 1 aromatic heterocycles. The number of carboxylic acids is 1. The maximum absolute atomic E-state index is 11.8. The Hall–Kier alpha value is -1.85. The summed E-state index contributed by atoms with van der Waals surface area (Å²) < 4.78 is 5.01. The number of hydrogen-bond donors (Lipinski definition) is 2. The van der Waals surface area contributed by atoms with Crippen LogP contribution in [0.25, 0.3) is 0 Å². The first-order chi connectivity index (χ1) is 9.54. The molecule has 0 fully saturated rings. The highest BCUT2D eigenvalue weighted by molar-refractivity contribution is 5.92. The number of hydrogen-bond acceptors (Lipinski definition) is 4. The summed E-state index contributed by atoms with van der Waals surface area (Å²) in [5.41, 5.74) is 0.568. The third kappa shape index (κ3) is 5.42. The molecule has 1 aromatic rings. The predicted molar refractivity (Wildman–Crippen MR) is 73.5 cm³/mol. The van der Waals surface area contributed by atoms with Crippen molar-refractivity contribution in [3.8, 4) is 0 Å². The van der Waals surface area contributed by atoms with E-state index in [1.807, 2.05) is 0 Å². The zero-order valence-electron chi connectivity index (χ0n) is 12.0. The zero-order chi connectivity index (χ0) is 15.0. The Kier molecular flexibility index (Phi) is 6.76. The number of carboxylic acid groups (broad SMARTS) is 1. The largest absolute Gasteiger partial charge is 0.481 e. The van der Waals surface area contributed by atoms with Crippen molar-refractivity contribution in [3.63, 3.8) is 0 Å². The van der Waals surface area contributed by atoms with Crippen LogP contribution in [0, 0.1) is 12.8 Å². The van der Waals surface area contributed by atoms with Crippen LogP contribution in [-0.2, 0) is 4.79 Å². The second-order valence-corrected chi connectivity index (χ2v) is 4.90. The minimum atomic E-state index is -0.771. The summed E-state index contributed by atoms with van der Waals surface area (Å²) in [4.78, 5) is 26.3. The van der Waals surface area contributed by atoms with E-state index < -0.39 is 5.97 Å².